The molecule has 0 aromatic heterocycles. The van der Waals surface area contributed by atoms with E-state index in [0.29, 0.717) is 22.7 Å². The molecule has 1 aliphatic heterocycles. The Balaban J connectivity index is 1.49. The standard InChI is InChI=1S/C29H32FN3O2/c1-20(2)31-29(35)26-19-25(32-28(34)23-8-10-24(30)11-9-23)12-13-27(26)33-16-14-22(15-17-33)18-21-6-4-3-5-7-21/h3-13,19-20,22H,14-18H2,1-2H3,(H,31,35)(H,32,34). The van der Waals surface area contributed by atoms with Crippen LogP contribution in [0.3, 0.4) is 0 Å². The average Bonchev–Trinajstić information content (AvgIpc) is 2.85. The van der Waals surface area contributed by atoms with Gasteiger partial charge >= 0.3 is 0 Å². The van der Waals surface area contributed by atoms with Crippen LogP contribution in [0.15, 0.2) is 72.8 Å². The van der Waals surface area contributed by atoms with Crippen LogP contribution in [0.5, 0.6) is 0 Å². The van der Waals surface area contributed by atoms with Crippen molar-refractivity contribution in [2.75, 3.05) is 23.3 Å². The monoisotopic (exact) mass is 473 g/mol. The van der Waals surface area contributed by atoms with Gasteiger partial charge in [0, 0.05) is 36.1 Å². The molecule has 5 nitrogen and oxygen atoms in total. The fourth-order valence-electron chi connectivity index (χ4n) is 4.54. The highest BCUT2D eigenvalue weighted by Crippen LogP contribution is 2.30. The Morgan fingerprint density at radius 3 is 2.29 bits per heavy atom. The van der Waals surface area contributed by atoms with Crippen LogP contribution >= 0.6 is 0 Å². The summed E-state index contributed by atoms with van der Waals surface area (Å²) in [5.74, 6) is -0.295. The Labute approximate surface area is 206 Å². The highest BCUT2D eigenvalue weighted by molar-refractivity contribution is 6.06. The van der Waals surface area contributed by atoms with E-state index < -0.39 is 5.82 Å². The summed E-state index contributed by atoms with van der Waals surface area (Å²) in [7, 11) is 0. The van der Waals surface area contributed by atoms with Gasteiger partial charge in [-0.3, -0.25) is 9.59 Å². The molecule has 182 valence electrons. The molecule has 6 heteroatoms. The van der Waals surface area contributed by atoms with Crippen molar-refractivity contribution in [1.29, 1.82) is 0 Å². The number of nitrogens with one attached hydrogen (secondary N) is 2. The van der Waals surface area contributed by atoms with Gasteiger partial charge in [-0.15, -0.1) is 0 Å². The summed E-state index contributed by atoms with van der Waals surface area (Å²) in [4.78, 5) is 28.0. The number of anilines is 2. The largest absolute Gasteiger partial charge is 0.371 e. The number of carbonyl (C=O) groups is 2. The van der Waals surface area contributed by atoms with Gasteiger partial charge in [-0.05, 0) is 87.1 Å². The van der Waals surface area contributed by atoms with Gasteiger partial charge in [0.1, 0.15) is 5.82 Å². The first-order chi connectivity index (χ1) is 16.9. The predicted octanol–water partition coefficient (Wildman–Crippen LogP) is 5.68. The number of piperidine rings is 1. The molecular weight excluding hydrogens is 441 g/mol. The number of nitrogens with zero attached hydrogens (tertiary/aromatic N) is 1. The minimum atomic E-state index is -0.397. The Bertz CT molecular complexity index is 1150. The van der Waals surface area contributed by atoms with Crippen molar-refractivity contribution < 1.29 is 14.0 Å². The second-order valence-corrected chi connectivity index (χ2v) is 9.44. The minimum Gasteiger partial charge on any atom is -0.371 e. The lowest BCUT2D eigenvalue weighted by Gasteiger charge is -2.35. The lowest BCUT2D eigenvalue weighted by atomic mass is 9.89. The van der Waals surface area contributed by atoms with E-state index in [4.69, 9.17) is 0 Å². The van der Waals surface area contributed by atoms with Crippen molar-refractivity contribution in [3.8, 4) is 0 Å². The molecule has 1 aliphatic rings. The maximum atomic E-state index is 13.2. The average molecular weight is 474 g/mol. The first kappa shape index (κ1) is 24.5. The quantitative estimate of drug-likeness (QED) is 0.464. The summed E-state index contributed by atoms with van der Waals surface area (Å²) in [5.41, 5.74) is 3.66. The molecule has 0 unspecified atom stereocenters. The highest BCUT2D eigenvalue weighted by atomic mass is 19.1. The first-order valence-corrected chi connectivity index (χ1v) is 12.2. The van der Waals surface area contributed by atoms with Crippen molar-refractivity contribution in [2.45, 2.75) is 39.2 Å². The van der Waals surface area contributed by atoms with E-state index in [0.717, 1.165) is 38.0 Å². The molecule has 4 rings (SSSR count). The summed E-state index contributed by atoms with van der Waals surface area (Å²) in [6.07, 6.45) is 3.19. The third kappa shape index (κ3) is 6.47. The second-order valence-electron chi connectivity index (χ2n) is 9.44. The zero-order chi connectivity index (χ0) is 24.8. The van der Waals surface area contributed by atoms with E-state index in [1.807, 2.05) is 32.0 Å². The summed E-state index contributed by atoms with van der Waals surface area (Å²) < 4.78 is 13.2. The van der Waals surface area contributed by atoms with Crippen molar-refractivity contribution in [2.24, 2.45) is 5.92 Å². The van der Waals surface area contributed by atoms with Crippen molar-refractivity contribution in [3.63, 3.8) is 0 Å². The third-order valence-electron chi connectivity index (χ3n) is 6.35. The van der Waals surface area contributed by atoms with Crippen molar-refractivity contribution in [1.82, 2.24) is 5.32 Å². The Morgan fingerprint density at radius 1 is 0.943 bits per heavy atom. The van der Waals surface area contributed by atoms with Gasteiger partial charge in [-0.2, -0.15) is 0 Å². The normalized spacial score (nSPS) is 14.1. The van der Waals surface area contributed by atoms with Crippen LogP contribution in [0, 0.1) is 11.7 Å². The molecule has 1 saturated heterocycles. The first-order valence-electron chi connectivity index (χ1n) is 12.2. The van der Waals surface area contributed by atoms with Crippen molar-refractivity contribution in [3.05, 3.63) is 95.3 Å². The van der Waals surface area contributed by atoms with Crippen LogP contribution in [0.4, 0.5) is 15.8 Å². The number of hydrogen-bond donors (Lipinski definition) is 2. The number of amides is 2. The zero-order valence-corrected chi connectivity index (χ0v) is 20.3. The molecule has 0 spiro atoms. The van der Waals surface area contributed by atoms with Crippen LogP contribution < -0.4 is 15.5 Å². The number of rotatable bonds is 7. The van der Waals surface area contributed by atoms with Gasteiger partial charge in [-0.1, -0.05) is 30.3 Å². The van der Waals surface area contributed by atoms with Crippen LogP contribution in [0.1, 0.15) is 53.0 Å². The second kappa shape index (κ2) is 11.2. The van der Waals surface area contributed by atoms with Crippen LogP contribution in [0.2, 0.25) is 0 Å². The lowest BCUT2D eigenvalue weighted by molar-refractivity contribution is 0.0942. The van der Waals surface area contributed by atoms with Crippen LogP contribution in [-0.4, -0.2) is 30.9 Å². The molecule has 0 saturated carbocycles. The van der Waals surface area contributed by atoms with E-state index in [1.54, 1.807) is 6.07 Å². The SMILES string of the molecule is CC(C)NC(=O)c1cc(NC(=O)c2ccc(F)cc2)ccc1N1CCC(Cc2ccccc2)CC1. The fourth-order valence-corrected chi connectivity index (χ4v) is 4.54. The Morgan fingerprint density at radius 2 is 1.63 bits per heavy atom. The van der Waals surface area contributed by atoms with Gasteiger partial charge in [0.15, 0.2) is 0 Å². The zero-order valence-electron chi connectivity index (χ0n) is 20.3. The summed E-state index contributed by atoms with van der Waals surface area (Å²) >= 11 is 0. The van der Waals surface area contributed by atoms with Gasteiger partial charge in [0.2, 0.25) is 0 Å². The third-order valence-corrected chi connectivity index (χ3v) is 6.35. The van der Waals surface area contributed by atoms with Gasteiger partial charge < -0.3 is 15.5 Å². The fraction of sp³-hybridized carbons (Fsp3) is 0.310. The summed E-state index contributed by atoms with van der Waals surface area (Å²) in [5, 5.41) is 5.81. The highest BCUT2D eigenvalue weighted by Gasteiger charge is 2.24. The molecule has 35 heavy (non-hydrogen) atoms. The molecule has 0 bridgehead atoms. The number of carbonyl (C=O) groups excluding carboxylic acids is 2. The minimum absolute atomic E-state index is 0.00980. The van der Waals surface area contributed by atoms with Gasteiger partial charge in [0.05, 0.1) is 5.56 Å². The molecule has 3 aromatic rings. The van der Waals surface area contributed by atoms with E-state index in [9.17, 15) is 14.0 Å². The lowest BCUT2D eigenvalue weighted by Crippen LogP contribution is -2.37. The van der Waals surface area contributed by atoms with Gasteiger partial charge in [-0.25, -0.2) is 4.39 Å². The molecule has 1 fully saturated rings. The van der Waals surface area contributed by atoms with Crippen molar-refractivity contribution >= 4 is 23.2 Å². The predicted molar refractivity (Wildman–Crippen MR) is 138 cm³/mol. The van der Waals surface area contributed by atoms with Gasteiger partial charge in [0.25, 0.3) is 11.8 Å². The maximum absolute atomic E-state index is 13.2. The van der Waals surface area contributed by atoms with E-state index >= 15 is 0 Å². The molecule has 0 atom stereocenters. The number of halogens is 1. The molecule has 1 heterocycles. The summed E-state index contributed by atoms with van der Waals surface area (Å²) in [6, 6.07) is 21.4. The smallest absolute Gasteiger partial charge is 0.255 e. The number of hydrogen-bond acceptors (Lipinski definition) is 3. The molecule has 0 radical (unpaired) electrons. The maximum Gasteiger partial charge on any atom is 0.255 e. The summed E-state index contributed by atoms with van der Waals surface area (Å²) in [6.45, 7) is 5.60. The Kier molecular flexibility index (Phi) is 7.80. The molecular formula is C29H32FN3O2. The van der Waals surface area contributed by atoms with Crippen LogP contribution in [0.25, 0.3) is 0 Å². The molecule has 2 N–H and O–H groups in total. The number of benzene rings is 3. The topological polar surface area (TPSA) is 61.4 Å². The van der Waals surface area contributed by atoms with E-state index in [1.165, 1.54) is 29.8 Å². The van der Waals surface area contributed by atoms with E-state index in [-0.39, 0.29) is 17.9 Å². The molecule has 2 amide bonds. The molecule has 3 aromatic carbocycles. The Hall–Kier alpha value is -3.67. The van der Waals surface area contributed by atoms with Crippen LogP contribution in [-0.2, 0) is 6.42 Å². The molecule has 0 aliphatic carbocycles. The van der Waals surface area contributed by atoms with E-state index in [2.05, 4.69) is 39.8 Å².